The molecule has 1 saturated heterocycles. The Bertz CT molecular complexity index is 142. The molecule has 0 bridgehead atoms. The van der Waals surface area contributed by atoms with Gasteiger partial charge < -0.3 is 15.2 Å². The molecule has 2 unspecified atom stereocenters. The van der Waals surface area contributed by atoms with Crippen LogP contribution in [0.2, 0.25) is 0 Å². The number of ether oxygens (including phenoxy) is 2. The van der Waals surface area contributed by atoms with Crippen LogP contribution in [0.3, 0.4) is 0 Å². The smallest absolute Gasteiger partial charge is 0.336 e. The minimum atomic E-state index is -0.537. The molecule has 0 amide bonds. The quantitative estimate of drug-likeness (QED) is 0.565. The first kappa shape index (κ1) is 10.7. The van der Waals surface area contributed by atoms with E-state index in [0.29, 0.717) is 6.61 Å². The fourth-order valence-corrected chi connectivity index (χ4v) is 0.965. The summed E-state index contributed by atoms with van der Waals surface area (Å²) in [6, 6.07) is -0.188. The minimum absolute atomic E-state index is 0. The molecule has 66 valence electrons. The topological polar surface area (TPSA) is 61.5 Å². The average molecular weight is 182 g/mol. The van der Waals surface area contributed by atoms with Gasteiger partial charge in [-0.25, -0.2) is 4.79 Å². The van der Waals surface area contributed by atoms with E-state index in [1.807, 2.05) is 0 Å². The predicted octanol–water partition coefficient (Wildman–Crippen LogP) is -0.303. The lowest BCUT2D eigenvalue weighted by Crippen LogP contribution is -2.37. The summed E-state index contributed by atoms with van der Waals surface area (Å²) in [6.45, 7) is 0.556. The molecule has 0 saturated carbocycles. The number of esters is 1. The second-order valence-electron chi connectivity index (χ2n) is 2.27. The van der Waals surface area contributed by atoms with Crippen LogP contribution in [0.4, 0.5) is 0 Å². The summed E-state index contributed by atoms with van der Waals surface area (Å²) in [7, 11) is 1.33. The van der Waals surface area contributed by atoms with Gasteiger partial charge in [-0.2, -0.15) is 0 Å². The van der Waals surface area contributed by atoms with Gasteiger partial charge in [-0.15, -0.1) is 12.4 Å². The van der Waals surface area contributed by atoms with Crippen molar-refractivity contribution < 1.29 is 14.3 Å². The third kappa shape index (κ3) is 2.32. The first-order valence-corrected chi connectivity index (χ1v) is 3.20. The summed E-state index contributed by atoms with van der Waals surface area (Å²) in [5.41, 5.74) is 5.53. The van der Waals surface area contributed by atoms with Crippen molar-refractivity contribution >= 4 is 18.4 Å². The standard InChI is InChI=1S/C6H11NO3.ClH/c1-9-6(8)5-4(7)2-3-10-5;/h4-5H,2-3,7H2,1H3;1H. The summed E-state index contributed by atoms with van der Waals surface area (Å²) in [4.78, 5) is 10.8. The minimum Gasteiger partial charge on any atom is -0.467 e. The van der Waals surface area contributed by atoms with Gasteiger partial charge in [0.2, 0.25) is 0 Å². The van der Waals surface area contributed by atoms with E-state index >= 15 is 0 Å². The number of carbonyl (C=O) groups excluding carboxylic acids is 1. The van der Waals surface area contributed by atoms with Crippen LogP contribution in [0.5, 0.6) is 0 Å². The lowest BCUT2D eigenvalue weighted by molar-refractivity contribution is -0.151. The van der Waals surface area contributed by atoms with Gasteiger partial charge in [-0.05, 0) is 6.42 Å². The van der Waals surface area contributed by atoms with Crippen molar-refractivity contribution in [2.75, 3.05) is 13.7 Å². The Morgan fingerprint density at radius 2 is 2.36 bits per heavy atom. The number of carbonyl (C=O) groups is 1. The Labute approximate surface area is 71.4 Å². The molecule has 4 nitrogen and oxygen atoms in total. The Kier molecular flexibility index (Phi) is 4.40. The van der Waals surface area contributed by atoms with Gasteiger partial charge in [0.05, 0.1) is 7.11 Å². The number of hydrogen-bond donors (Lipinski definition) is 1. The first-order chi connectivity index (χ1) is 4.75. The first-order valence-electron chi connectivity index (χ1n) is 3.20. The van der Waals surface area contributed by atoms with E-state index < -0.39 is 6.10 Å². The lowest BCUT2D eigenvalue weighted by Gasteiger charge is -2.10. The van der Waals surface area contributed by atoms with Crippen molar-refractivity contribution in [2.24, 2.45) is 5.73 Å². The SMILES string of the molecule is COC(=O)C1OCCC1N.Cl. The normalized spacial score (nSPS) is 29.3. The monoisotopic (exact) mass is 181 g/mol. The second kappa shape index (κ2) is 4.54. The van der Waals surface area contributed by atoms with E-state index in [1.54, 1.807) is 0 Å². The van der Waals surface area contributed by atoms with E-state index in [2.05, 4.69) is 4.74 Å². The molecular formula is C6H12ClNO3. The summed E-state index contributed by atoms with van der Waals surface area (Å²) >= 11 is 0. The number of halogens is 1. The summed E-state index contributed by atoms with van der Waals surface area (Å²) in [5, 5.41) is 0. The molecule has 0 spiro atoms. The highest BCUT2D eigenvalue weighted by Gasteiger charge is 2.31. The summed E-state index contributed by atoms with van der Waals surface area (Å²) in [5.74, 6) is -0.370. The largest absolute Gasteiger partial charge is 0.467 e. The van der Waals surface area contributed by atoms with Crippen LogP contribution >= 0.6 is 12.4 Å². The molecular weight excluding hydrogens is 170 g/mol. The van der Waals surface area contributed by atoms with Gasteiger partial charge in [0.15, 0.2) is 6.10 Å². The predicted molar refractivity (Wildman–Crippen MR) is 41.6 cm³/mol. The van der Waals surface area contributed by atoms with Gasteiger partial charge in [0, 0.05) is 12.6 Å². The van der Waals surface area contributed by atoms with Gasteiger partial charge in [0.25, 0.3) is 0 Å². The van der Waals surface area contributed by atoms with Gasteiger partial charge >= 0.3 is 5.97 Å². The van der Waals surface area contributed by atoms with Gasteiger partial charge in [0.1, 0.15) is 0 Å². The molecule has 0 aromatic carbocycles. The van der Waals surface area contributed by atoms with E-state index in [0.717, 1.165) is 6.42 Å². The highest BCUT2D eigenvalue weighted by Crippen LogP contribution is 2.11. The van der Waals surface area contributed by atoms with Crippen molar-refractivity contribution in [1.29, 1.82) is 0 Å². The number of methoxy groups -OCH3 is 1. The molecule has 1 fully saturated rings. The van der Waals surface area contributed by atoms with Crippen LogP contribution in [0.15, 0.2) is 0 Å². The third-order valence-electron chi connectivity index (χ3n) is 1.57. The molecule has 1 heterocycles. The number of hydrogen-bond acceptors (Lipinski definition) is 4. The molecule has 2 N–H and O–H groups in total. The molecule has 1 aliphatic rings. The summed E-state index contributed by atoms with van der Waals surface area (Å²) in [6.07, 6.45) is 0.199. The van der Waals surface area contributed by atoms with E-state index in [1.165, 1.54) is 7.11 Å². The number of rotatable bonds is 1. The van der Waals surface area contributed by atoms with Crippen molar-refractivity contribution in [3.05, 3.63) is 0 Å². The van der Waals surface area contributed by atoms with Crippen molar-refractivity contribution in [3.63, 3.8) is 0 Å². The lowest BCUT2D eigenvalue weighted by atomic mass is 10.1. The van der Waals surface area contributed by atoms with E-state index in [9.17, 15) is 4.79 Å². The Balaban J connectivity index is 0.000001000. The zero-order valence-electron chi connectivity index (χ0n) is 6.28. The highest BCUT2D eigenvalue weighted by molar-refractivity contribution is 5.85. The van der Waals surface area contributed by atoms with E-state index in [-0.39, 0.29) is 24.4 Å². The van der Waals surface area contributed by atoms with Crippen LogP contribution in [0.25, 0.3) is 0 Å². The highest BCUT2D eigenvalue weighted by atomic mass is 35.5. The van der Waals surface area contributed by atoms with Crippen LogP contribution in [0, 0.1) is 0 Å². The maximum Gasteiger partial charge on any atom is 0.336 e. The maximum atomic E-state index is 10.8. The van der Waals surface area contributed by atoms with Gasteiger partial charge in [-0.1, -0.05) is 0 Å². The van der Waals surface area contributed by atoms with Crippen molar-refractivity contribution in [1.82, 2.24) is 0 Å². The van der Waals surface area contributed by atoms with Gasteiger partial charge in [-0.3, -0.25) is 0 Å². The van der Waals surface area contributed by atoms with Crippen molar-refractivity contribution in [2.45, 2.75) is 18.6 Å². The number of nitrogens with two attached hydrogens (primary N) is 1. The fourth-order valence-electron chi connectivity index (χ4n) is 0.965. The molecule has 0 aromatic heterocycles. The second-order valence-corrected chi connectivity index (χ2v) is 2.27. The molecule has 0 aliphatic carbocycles. The summed E-state index contributed by atoms with van der Waals surface area (Å²) < 4.78 is 9.48. The molecule has 11 heavy (non-hydrogen) atoms. The van der Waals surface area contributed by atoms with Crippen LogP contribution in [0.1, 0.15) is 6.42 Å². The molecule has 2 atom stereocenters. The van der Waals surface area contributed by atoms with Crippen LogP contribution in [-0.4, -0.2) is 31.8 Å². The Morgan fingerprint density at radius 1 is 1.73 bits per heavy atom. The average Bonchev–Trinajstić information content (AvgIpc) is 2.34. The molecule has 5 heteroatoms. The molecule has 1 rings (SSSR count). The van der Waals surface area contributed by atoms with Crippen LogP contribution in [-0.2, 0) is 14.3 Å². The molecule has 0 aromatic rings. The molecule has 0 radical (unpaired) electrons. The maximum absolute atomic E-state index is 10.8. The zero-order valence-corrected chi connectivity index (χ0v) is 7.10. The fraction of sp³-hybridized carbons (Fsp3) is 0.833. The molecule has 1 aliphatic heterocycles. The van der Waals surface area contributed by atoms with Crippen LogP contribution < -0.4 is 5.73 Å². The van der Waals surface area contributed by atoms with E-state index in [4.69, 9.17) is 10.5 Å². The third-order valence-corrected chi connectivity index (χ3v) is 1.57. The Morgan fingerprint density at radius 3 is 2.73 bits per heavy atom. The zero-order chi connectivity index (χ0) is 7.56. The Hall–Kier alpha value is -0.320. The van der Waals surface area contributed by atoms with Crippen molar-refractivity contribution in [3.8, 4) is 0 Å².